The Morgan fingerprint density at radius 2 is 1.85 bits per heavy atom. The maximum Gasteiger partial charge on any atom is 0.297 e. The molecule has 0 fully saturated rings. The number of amides is 1. The molecule has 1 amide bonds. The maximum atomic E-state index is 13.7. The molecule has 2 aromatic heterocycles. The Kier molecular flexibility index (Phi) is 4.74. The molecule has 0 aliphatic carbocycles. The number of carbonyl (C=O) groups is 1. The van der Waals surface area contributed by atoms with Crippen LogP contribution in [-0.2, 0) is 0 Å². The van der Waals surface area contributed by atoms with Crippen LogP contribution in [0.1, 0.15) is 40.2 Å². The van der Waals surface area contributed by atoms with Crippen LogP contribution in [0.25, 0.3) is 21.2 Å². The highest BCUT2D eigenvalue weighted by molar-refractivity contribution is 7.22. The number of benzene rings is 3. The van der Waals surface area contributed by atoms with Gasteiger partial charge < -0.3 is 9.15 Å². The third-order valence-corrected chi connectivity index (χ3v) is 7.05. The van der Waals surface area contributed by atoms with E-state index in [1.807, 2.05) is 56.3 Å². The Balaban J connectivity index is 1.58. The topological polar surface area (TPSA) is 72.6 Å². The summed E-state index contributed by atoms with van der Waals surface area (Å²) in [7, 11) is 0. The van der Waals surface area contributed by atoms with Gasteiger partial charge in [0.1, 0.15) is 11.3 Å². The average molecular weight is 469 g/mol. The minimum atomic E-state index is -0.629. The SMILES string of the molecule is CCOc1ccc2nc(N3C(=O)c4oc5ccccc5c(=O)c4[C@@H]3c3ccc(C)cc3)sc2c1. The average Bonchev–Trinajstić information content (AvgIpc) is 3.38. The van der Waals surface area contributed by atoms with E-state index >= 15 is 0 Å². The van der Waals surface area contributed by atoms with Gasteiger partial charge in [-0.2, -0.15) is 0 Å². The van der Waals surface area contributed by atoms with Crippen molar-refractivity contribution in [3.63, 3.8) is 0 Å². The molecule has 3 aromatic carbocycles. The highest BCUT2D eigenvalue weighted by Crippen LogP contribution is 2.44. The summed E-state index contributed by atoms with van der Waals surface area (Å²) < 4.78 is 12.5. The number of hydrogen-bond donors (Lipinski definition) is 0. The van der Waals surface area contributed by atoms with Crippen molar-refractivity contribution in [3.8, 4) is 5.75 Å². The van der Waals surface area contributed by atoms with Crippen LogP contribution in [0.4, 0.5) is 5.13 Å². The Morgan fingerprint density at radius 3 is 2.65 bits per heavy atom. The van der Waals surface area contributed by atoms with Crippen LogP contribution in [-0.4, -0.2) is 17.5 Å². The van der Waals surface area contributed by atoms with E-state index in [1.54, 1.807) is 29.2 Å². The van der Waals surface area contributed by atoms with E-state index < -0.39 is 6.04 Å². The number of carbonyl (C=O) groups excluding carboxylic acids is 1. The highest BCUT2D eigenvalue weighted by atomic mass is 32.1. The van der Waals surface area contributed by atoms with Gasteiger partial charge in [-0.3, -0.25) is 14.5 Å². The second-order valence-corrected chi connectivity index (χ2v) is 9.23. The monoisotopic (exact) mass is 468 g/mol. The molecule has 0 spiro atoms. The van der Waals surface area contributed by atoms with E-state index in [0.29, 0.717) is 28.3 Å². The fourth-order valence-corrected chi connectivity index (χ4v) is 5.45. The Morgan fingerprint density at radius 1 is 1.06 bits per heavy atom. The molecule has 1 atom stereocenters. The molecule has 3 heterocycles. The van der Waals surface area contributed by atoms with E-state index in [9.17, 15) is 9.59 Å². The lowest BCUT2D eigenvalue weighted by molar-refractivity contribution is 0.0971. The summed E-state index contributed by atoms with van der Waals surface area (Å²) in [4.78, 5) is 33.7. The van der Waals surface area contributed by atoms with Gasteiger partial charge in [0.15, 0.2) is 10.6 Å². The van der Waals surface area contributed by atoms with E-state index in [2.05, 4.69) is 0 Å². The minimum Gasteiger partial charge on any atom is -0.494 e. The number of aromatic nitrogens is 1. The van der Waals surface area contributed by atoms with Crippen molar-refractivity contribution in [2.75, 3.05) is 11.5 Å². The normalized spacial score (nSPS) is 15.3. The van der Waals surface area contributed by atoms with Crippen molar-refractivity contribution in [2.24, 2.45) is 0 Å². The third-order valence-electron chi connectivity index (χ3n) is 6.04. The Bertz CT molecular complexity index is 1630. The summed E-state index contributed by atoms with van der Waals surface area (Å²) in [5, 5.41) is 0.966. The molecule has 7 heteroatoms. The van der Waals surface area contributed by atoms with Crippen LogP contribution in [0.5, 0.6) is 5.75 Å². The molecule has 6 rings (SSSR count). The smallest absolute Gasteiger partial charge is 0.297 e. The number of para-hydroxylation sites is 1. The molecule has 0 bridgehead atoms. The first kappa shape index (κ1) is 20.6. The Hall–Kier alpha value is -3.97. The van der Waals surface area contributed by atoms with E-state index in [4.69, 9.17) is 14.1 Å². The second kappa shape index (κ2) is 7.81. The predicted octanol–water partition coefficient (Wildman–Crippen LogP) is 5.86. The zero-order valence-corrected chi connectivity index (χ0v) is 19.4. The van der Waals surface area contributed by atoms with Gasteiger partial charge in [0.05, 0.1) is 33.8 Å². The van der Waals surface area contributed by atoms with Crippen LogP contribution in [0.2, 0.25) is 0 Å². The number of nitrogens with zero attached hydrogens (tertiary/aromatic N) is 2. The van der Waals surface area contributed by atoms with Crippen LogP contribution < -0.4 is 15.1 Å². The van der Waals surface area contributed by atoms with Crippen LogP contribution in [0.3, 0.4) is 0 Å². The summed E-state index contributed by atoms with van der Waals surface area (Å²) in [6.45, 7) is 4.50. The van der Waals surface area contributed by atoms with Crippen molar-refractivity contribution in [3.05, 3.63) is 99.4 Å². The number of rotatable bonds is 4. The fraction of sp³-hybridized carbons (Fsp3) is 0.148. The summed E-state index contributed by atoms with van der Waals surface area (Å²) >= 11 is 1.39. The quantitative estimate of drug-likeness (QED) is 0.330. The number of aryl methyl sites for hydroxylation is 1. The predicted molar refractivity (Wildman–Crippen MR) is 133 cm³/mol. The van der Waals surface area contributed by atoms with Gasteiger partial charge in [0, 0.05) is 0 Å². The maximum absolute atomic E-state index is 13.7. The van der Waals surface area contributed by atoms with Gasteiger partial charge in [-0.05, 0) is 49.7 Å². The van der Waals surface area contributed by atoms with Crippen molar-refractivity contribution in [1.82, 2.24) is 4.98 Å². The molecule has 1 aliphatic heterocycles. The van der Waals surface area contributed by atoms with Crippen molar-refractivity contribution in [1.29, 1.82) is 0 Å². The van der Waals surface area contributed by atoms with E-state index in [-0.39, 0.29) is 17.1 Å². The van der Waals surface area contributed by atoms with Gasteiger partial charge >= 0.3 is 0 Å². The molecular weight excluding hydrogens is 448 g/mol. The molecule has 0 N–H and O–H groups in total. The molecule has 0 unspecified atom stereocenters. The summed E-state index contributed by atoms with van der Waals surface area (Å²) in [6, 6.07) is 19.9. The highest BCUT2D eigenvalue weighted by Gasteiger charge is 2.45. The van der Waals surface area contributed by atoms with Gasteiger partial charge in [-0.1, -0.05) is 53.3 Å². The first-order valence-electron chi connectivity index (χ1n) is 11.0. The van der Waals surface area contributed by atoms with Gasteiger partial charge in [-0.25, -0.2) is 4.98 Å². The number of hydrogen-bond acceptors (Lipinski definition) is 6. The van der Waals surface area contributed by atoms with E-state index in [0.717, 1.165) is 27.1 Å². The fourth-order valence-electron chi connectivity index (χ4n) is 4.43. The third kappa shape index (κ3) is 3.12. The lowest BCUT2D eigenvalue weighted by Gasteiger charge is -2.22. The minimum absolute atomic E-state index is 0.0727. The zero-order valence-electron chi connectivity index (χ0n) is 18.6. The molecule has 34 heavy (non-hydrogen) atoms. The lowest BCUT2D eigenvalue weighted by atomic mass is 9.98. The molecule has 0 radical (unpaired) electrons. The van der Waals surface area contributed by atoms with Crippen molar-refractivity contribution < 1.29 is 13.9 Å². The van der Waals surface area contributed by atoms with Gasteiger partial charge in [0.25, 0.3) is 5.91 Å². The number of fused-ring (bicyclic) bond motifs is 3. The Labute approximate surface area is 199 Å². The van der Waals surface area contributed by atoms with Crippen molar-refractivity contribution >= 4 is 43.6 Å². The molecule has 1 aliphatic rings. The lowest BCUT2D eigenvalue weighted by Crippen LogP contribution is -2.29. The summed E-state index contributed by atoms with van der Waals surface area (Å²) in [5.74, 6) is 0.454. The second-order valence-electron chi connectivity index (χ2n) is 8.22. The van der Waals surface area contributed by atoms with Crippen LogP contribution in [0.15, 0.2) is 75.9 Å². The molecule has 0 saturated carbocycles. The van der Waals surface area contributed by atoms with Gasteiger partial charge in [-0.15, -0.1) is 0 Å². The first-order valence-corrected chi connectivity index (χ1v) is 11.9. The van der Waals surface area contributed by atoms with Gasteiger partial charge in [0.2, 0.25) is 5.76 Å². The summed E-state index contributed by atoms with van der Waals surface area (Å²) in [6.07, 6.45) is 0. The molecular formula is C27H20N2O4S. The molecule has 0 saturated heterocycles. The van der Waals surface area contributed by atoms with Crippen molar-refractivity contribution in [2.45, 2.75) is 19.9 Å². The van der Waals surface area contributed by atoms with Crippen LogP contribution in [0, 0.1) is 6.92 Å². The first-order chi connectivity index (χ1) is 16.5. The molecule has 168 valence electrons. The van der Waals surface area contributed by atoms with Crippen LogP contribution >= 0.6 is 11.3 Å². The number of thiazole rings is 1. The summed E-state index contributed by atoms with van der Waals surface area (Å²) in [5.41, 5.74) is 3.23. The van der Waals surface area contributed by atoms with E-state index in [1.165, 1.54) is 11.3 Å². The largest absolute Gasteiger partial charge is 0.494 e. The zero-order chi connectivity index (χ0) is 23.4. The molecule has 6 nitrogen and oxygen atoms in total. The number of ether oxygens (including phenoxy) is 1. The number of anilines is 1. The standard InChI is InChI=1S/C27H20N2O4S/c1-3-32-17-12-13-19-21(14-17)34-27(28-19)29-23(16-10-8-15(2)9-11-16)22-24(30)18-6-4-5-7-20(18)33-25(22)26(29)31/h4-14,23H,3H2,1-2H3/t23-/m0/s1. The molecule has 5 aromatic rings.